The van der Waals surface area contributed by atoms with E-state index >= 15 is 0 Å². The molecule has 0 aromatic carbocycles. The van der Waals surface area contributed by atoms with Gasteiger partial charge in [0, 0.05) is 25.2 Å². The molecule has 0 aromatic rings. The summed E-state index contributed by atoms with van der Waals surface area (Å²) in [7, 11) is 0. The molecule has 3 fully saturated rings. The fourth-order valence-electron chi connectivity index (χ4n) is 4.03. The zero-order valence-corrected chi connectivity index (χ0v) is 16.3. The van der Waals surface area contributed by atoms with Crippen LogP contribution in [0.25, 0.3) is 0 Å². The number of carbonyl (C=O) groups is 3. The molecular formula is C20H28O8. The number of ether oxygens (including phenoxy) is 3. The summed E-state index contributed by atoms with van der Waals surface area (Å²) in [6, 6.07) is 0. The zero-order valence-electron chi connectivity index (χ0n) is 16.3. The van der Waals surface area contributed by atoms with Gasteiger partial charge in [0.2, 0.25) is 0 Å². The normalized spacial score (nSPS) is 37.7. The van der Waals surface area contributed by atoms with Gasteiger partial charge in [0.15, 0.2) is 0 Å². The van der Waals surface area contributed by atoms with Gasteiger partial charge in [0.25, 0.3) is 0 Å². The number of esters is 2. The Labute approximate surface area is 163 Å². The molecule has 3 aliphatic rings. The zero-order chi connectivity index (χ0) is 20.4. The summed E-state index contributed by atoms with van der Waals surface area (Å²) in [6.45, 7) is 3.39. The summed E-state index contributed by atoms with van der Waals surface area (Å²) in [4.78, 5) is 37.0. The van der Waals surface area contributed by atoms with Crippen molar-refractivity contribution in [1.29, 1.82) is 0 Å². The van der Waals surface area contributed by atoms with Crippen molar-refractivity contribution in [3.63, 3.8) is 0 Å². The maximum Gasteiger partial charge on any atom is 0.338 e. The molecular weight excluding hydrogens is 368 g/mol. The molecule has 0 radical (unpaired) electrons. The summed E-state index contributed by atoms with van der Waals surface area (Å²) in [5, 5.41) is 19.7. The van der Waals surface area contributed by atoms with Crippen molar-refractivity contribution in [2.75, 3.05) is 0 Å². The van der Waals surface area contributed by atoms with Crippen molar-refractivity contribution in [1.82, 2.24) is 0 Å². The second kappa shape index (κ2) is 8.61. The van der Waals surface area contributed by atoms with Crippen LogP contribution in [0.4, 0.5) is 0 Å². The number of cyclic esters (lactones) is 1. The van der Waals surface area contributed by atoms with E-state index in [0.29, 0.717) is 25.0 Å². The molecule has 2 N–H and O–H groups in total. The first-order valence-electron chi connectivity index (χ1n) is 9.92. The van der Waals surface area contributed by atoms with E-state index in [2.05, 4.69) is 0 Å². The van der Waals surface area contributed by atoms with Crippen molar-refractivity contribution in [2.24, 2.45) is 5.92 Å². The average molecular weight is 396 g/mol. The third kappa shape index (κ3) is 4.72. The minimum Gasteiger partial charge on any atom is -0.491 e. The molecule has 3 aliphatic heterocycles. The van der Waals surface area contributed by atoms with Gasteiger partial charge >= 0.3 is 11.9 Å². The number of ketones is 1. The Morgan fingerprint density at radius 3 is 2.57 bits per heavy atom. The molecule has 3 heterocycles. The van der Waals surface area contributed by atoms with E-state index < -0.39 is 42.3 Å². The molecule has 0 amide bonds. The van der Waals surface area contributed by atoms with Crippen molar-refractivity contribution < 1.29 is 38.8 Å². The lowest BCUT2D eigenvalue weighted by molar-refractivity contribution is -0.155. The minimum atomic E-state index is -0.797. The van der Waals surface area contributed by atoms with Gasteiger partial charge in [-0.3, -0.25) is 9.59 Å². The predicted octanol–water partition coefficient (Wildman–Crippen LogP) is 1.17. The Bertz CT molecular complexity index is 667. The summed E-state index contributed by atoms with van der Waals surface area (Å²) in [6.07, 6.45) is -1.23. The molecule has 8 nitrogen and oxygen atoms in total. The van der Waals surface area contributed by atoms with Crippen LogP contribution in [0.2, 0.25) is 0 Å². The van der Waals surface area contributed by atoms with Gasteiger partial charge in [-0.15, -0.1) is 0 Å². The number of hydrogen-bond acceptors (Lipinski definition) is 8. The quantitative estimate of drug-likeness (QED) is 0.539. The second-order valence-electron chi connectivity index (χ2n) is 8.03. The van der Waals surface area contributed by atoms with Crippen molar-refractivity contribution in [2.45, 2.75) is 89.3 Å². The number of hydrogen-bond donors (Lipinski definition) is 2. The van der Waals surface area contributed by atoms with E-state index in [0.717, 1.165) is 0 Å². The lowest BCUT2D eigenvalue weighted by Gasteiger charge is -2.21. The fraction of sp³-hybridized carbons (Fsp3) is 0.750. The summed E-state index contributed by atoms with van der Waals surface area (Å²) >= 11 is 0. The number of Topliss-reactive ketones (excluding diaryl/α,β-unsaturated/α-hetero) is 1. The number of carbonyl (C=O) groups excluding carboxylic acids is 3. The van der Waals surface area contributed by atoms with E-state index in [-0.39, 0.29) is 43.1 Å². The van der Waals surface area contributed by atoms with Crippen LogP contribution in [-0.2, 0) is 28.6 Å². The van der Waals surface area contributed by atoms with Gasteiger partial charge in [-0.2, -0.15) is 0 Å². The molecule has 6 atom stereocenters. The largest absolute Gasteiger partial charge is 0.491 e. The highest BCUT2D eigenvalue weighted by Crippen LogP contribution is 2.40. The van der Waals surface area contributed by atoms with Gasteiger partial charge in [-0.05, 0) is 33.1 Å². The Morgan fingerprint density at radius 1 is 1.11 bits per heavy atom. The van der Waals surface area contributed by atoms with Crippen LogP contribution >= 0.6 is 0 Å². The van der Waals surface area contributed by atoms with E-state index in [1.807, 2.05) is 0 Å². The van der Waals surface area contributed by atoms with Crippen LogP contribution < -0.4 is 0 Å². The molecule has 0 spiro atoms. The lowest BCUT2D eigenvalue weighted by Crippen LogP contribution is -2.28. The first kappa shape index (κ1) is 20.8. The van der Waals surface area contributed by atoms with E-state index in [4.69, 9.17) is 14.2 Å². The van der Waals surface area contributed by atoms with Gasteiger partial charge < -0.3 is 24.4 Å². The first-order valence-corrected chi connectivity index (χ1v) is 9.92. The Morgan fingerprint density at radius 2 is 1.86 bits per heavy atom. The van der Waals surface area contributed by atoms with Crippen LogP contribution in [0.15, 0.2) is 11.3 Å². The van der Waals surface area contributed by atoms with Crippen LogP contribution in [0.1, 0.15) is 58.8 Å². The predicted molar refractivity (Wildman–Crippen MR) is 95.8 cm³/mol. The van der Waals surface area contributed by atoms with Crippen LogP contribution in [0, 0.1) is 5.92 Å². The van der Waals surface area contributed by atoms with Crippen LogP contribution in [0.5, 0.6) is 0 Å². The first-order chi connectivity index (χ1) is 13.2. The van der Waals surface area contributed by atoms with Crippen molar-refractivity contribution in [3.05, 3.63) is 11.3 Å². The number of aliphatic hydroxyl groups excluding tert-OH is 2. The number of rotatable bonds is 3. The smallest absolute Gasteiger partial charge is 0.338 e. The molecule has 3 rings (SSSR count). The van der Waals surface area contributed by atoms with Crippen LogP contribution in [-0.4, -0.2) is 58.5 Å². The Kier molecular flexibility index (Phi) is 6.40. The maximum absolute atomic E-state index is 12.5. The minimum absolute atomic E-state index is 0.0274. The number of fused-ring (bicyclic) bond motifs is 1. The van der Waals surface area contributed by atoms with Crippen molar-refractivity contribution in [3.8, 4) is 0 Å². The Balaban J connectivity index is 1.82. The number of aliphatic hydroxyl groups is 2. The van der Waals surface area contributed by atoms with Gasteiger partial charge in [-0.25, -0.2) is 4.79 Å². The monoisotopic (exact) mass is 396 g/mol. The average Bonchev–Trinajstić information content (AvgIpc) is 3.10. The van der Waals surface area contributed by atoms with E-state index in [9.17, 15) is 24.6 Å². The third-order valence-electron chi connectivity index (χ3n) is 5.56. The topological polar surface area (TPSA) is 119 Å². The molecule has 28 heavy (non-hydrogen) atoms. The molecule has 0 saturated carbocycles. The highest BCUT2D eigenvalue weighted by atomic mass is 16.6. The molecule has 8 heteroatoms. The van der Waals surface area contributed by atoms with E-state index in [1.54, 1.807) is 13.8 Å². The molecule has 156 valence electrons. The summed E-state index contributed by atoms with van der Waals surface area (Å²) in [5.41, 5.74) is 0.248. The summed E-state index contributed by atoms with van der Waals surface area (Å²) < 4.78 is 16.5. The third-order valence-corrected chi connectivity index (χ3v) is 5.56. The maximum atomic E-state index is 12.5. The molecule has 0 unspecified atom stereocenters. The second-order valence-corrected chi connectivity index (χ2v) is 8.03. The molecule has 0 bridgehead atoms. The van der Waals surface area contributed by atoms with Crippen LogP contribution in [0.3, 0.4) is 0 Å². The molecule has 0 aromatic heterocycles. The van der Waals surface area contributed by atoms with Gasteiger partial charge in [0.1, 0.15) is 23.8 Å². The summed E-state index contributed by atoms with van der Waals surface area (Å²) in [5.74, 6) is -1.36. The van der Waals surface area contributed by atoms with Gasteiger partial charge in [0.05, 0.1) is 30.3 Å². The fourth-order valence-corrected chi connectivity index (χ4v) is 4.03. The SMILES string of the molecule is C[C@@H]1CCC(=O)C[C@H]2/C(=C3/C[C@H](O)[C@@H](CC[C@@H](C)O)O3)C(=O)O[C@H]2CC(=O)O1. The molecule has 3 saturated heterocycles. The standard InChI is InChI=1S/C20H28O8/c1-10(21)3-6-15-14(23)8-17(27-15)19-13-7-12(22)5-4-11(2)26-18(24)9-16(13)28-20(19)25/h10-11,13-16,21,23H,3-9H2,1-2H3/b19-17+/t10-,11-,13-,14+,15-,16+/m1/s1. The van der Waals surface area contributed by atoms with Gasteiger partial charge in [-0.1, -0.05) is 0 Å². The highest BCUT2D eigenvalue weighted by molar-refractivity contribution is 5.94. The van der Waals surface area contributed by atoms with E-state index in [1.165, 1.54) is 0 Å². The highest BCUT2D eigenvalue weighted by Gasteiger charge is 2.47. The lowest BCUT2D eigenvalue weighted by atomic mass is 9.86. The van der Waals surface area contributed by atoms with Crippen molar-refractivity contribution >= 4 is 17.7 Å². The Hall–Kier alpha value is -1.93. The molecule has 0 aliphatic carbocycles.